The van der Waals surface area contributed by atoms with E-state index in [1.807, 2.05) is 0 Å². The van der Waals surface area contributed by atoms with Crippen LogP contribution in [0.3, 0.4) is 0 Å². The molecular weight excluding hydrogens is 267 g/mol. The zero-order valence-electron chi connectivity index (χ0n) is 10.5. The van der Waals surface area contributed by atoms with Gasteiger partial charge in [-0.1, -0.05) is 0 Å². The standard InChI is InChI=1S/C12H27AsO3/c1-2-3-4-5-6-7-8-9-10-11-12-13(14,15)16/h2-12H2,1H3,(H2,14,15,16). The topological polar surface area (TPSA) is 57.5 Å². The molecule has 4 heteroatoms. The van der Waals surface area contributed by atoms with Gasteiger partial charge in [-0.05, 0) is 0 Å². The van der Waals surface area contributed by atoms with Gasteiger partial charge < -0.3 is 0 Å². The Morgan fingerprint density at radius 1 is 0.750 bits per heavy atom. The van der Waals surface area contributed by atoms with Gasteiger partial charge in [-0.2, -0.15) is 0 Å². The van der Waals surface area contributed by atoms with Crippen molar-refractivity contribution < 1.29 is 11.9 Å². The predicted octanol–water partition coefficient (Wildman–Crippen LogP) is 3.26. The molecular formula is C12H27AsO3. The van der Waals surface area contributed by atoms with Gasteiger partial charge in [-0.25, -0.2) is 0 Å². The van der Waals surface area contributed by atoms with Crippen LogP contribution in [0.1, 0.15) is 71.1 Å². The second-order valence-corrected chi connectivity index (χ2v) is 8.30. The van der Waals surface area contributed by atoms with Crippen LogP contribution in [-0.4, -0.2) is 22.4 Å². The van der Waals surface area contributed by atoms with Gasteiger partial charge >= 0.3 is 102 Å². The summed E-state index contributed by atoms with van der Waals surface area (Å²) in [5, 5.41) is 0.120. The molecule has 0 saturated carbocycles. The Kier molecular flexibility index (Phi) is 10.6. The van der Waals surface area contributed by atoms with Gasteiger partial charge in [0, 0.05) is 0 Å². The summed E-state index contributed by atoms with van der Waals surface area (Å²) in [6.45, 7) is 2.22. The first-order valence-electron chi connectivity index (χ1n) is 6.61. The molecule has 0 atom stereocenters. The third-order valence-corrected chi connectivity index (χ3v) is 4.69. The maximum atomic E-state index is 10.6. The fourth-order valence-corrected chi connectivity index (χ4v) is 3.14. The zero-order valence-corrected chi connectivity index (χ0v) is 12.4. The molecule has 0 rings (SSSR count). The minimum atomic E-state index is -4.30. The van der Waals surface area contributed by atoms with E-state index in [2.05, 4.69) is 6.92 Å². The number of unbranched alkanes of at least 4 members (excludes halogenated alkanes) is 9. The Hall–Kier alpha value is 0.278. The first-order valence-corrected chi connectivity index (χ1v) is 10.4. The van der Waals surface area contributed by atoms with E-state index < -0.39 is 14.2 Å². The van der Waals surface area contributed by atoms with Gasteiger partial charge in [0.05, 0.1) is 0 Å². The summed E-state index contributed by atoms with van der Waals surface area (Å²) in [6.07, 6.45) is 12.0. The van der Waals surface area contributed by atoms with Gasteiger partial charge in [-0.15, -0.1) is 0 Å². The monoisotopic (exact) mass is 294 g/mol. The molecule has 0 bridgehead atoms. The first-order chi connectivity index (χ1) is 7.56. The minimum absolute atomic E-state index is 0.120. The van der Waals surface area contributed by atoms with Crippen molar-refractivity contribution >= 4 is 14.2 Å². The molecule has 0 aromatic heterocycles. The molecule has 16 heavy (non-hydrogen) atoms. The first kappa shape index (κ1) is 16.3. The molecule has 0 amide bonds. The molecule has 0 aliphatic rings. The van der Waals surface area contributed by atoms with Crippen LogP contribution in [-0.2, 0) is 3.74 Å². The van der Waals surface area contributed by atoms with Crippen LogP contribution >= 0.6 is 0 Å². The van der Waals surface area contributed by atoms with Gasteiger partial charge in [0.1, 0.15) is 0 Å². The van der Waals surface area contributed by atoms with Gasteiger partial charge in [-0.3, -0.25) is 0 Å². The summed E-state index contributed by atoms with van der Waals surface area (Å²) in [5.74, 6) is 0. The number of hydrogen-bond donors (Lipinski definition) is 2. The molecule has 0 saturated heterocycles. The van der Waals surface area contributed by atoms with Gasteiger partial charge in [0.15, 0.2) is 0 Å². The van der Waals surface area contributed by atoms with Crippen molar-refractivity contribution in [2.45, 2.75) is 76.3 Å². The molecule has 0 radical (unpaired) electrons. The van der Waals surface area contributed by atoms with E-state index in [1.165, 1.54) is 44.9 Å². The molecule has 0 aromatic rings. The van der Waals surface area contributed by atoms with Crippen LogP contribution in [0.15, 0.2) is 0 Å². The average Bonchev–Trinajstić information content (AvgIpc) is 2.19. The van der Waals surface area contributed by atoms with E-state index >= 15 is 0 Å². The number of rotatable bonds is 11. The molecule has 3 nitrogen and oxygen atoms in total. The van der Waals surface area contributed by atoms with Crippen molar-refractivity contribution in [2.24, 2.45) is 0 Å². The number of hydrogen-bond acceptors (Lipinski definition) is 1. The average molecular weight is 294 g/mol. The second-order valence-electron chi connectivity index (χ2n) is 4.57. The van der Waals surface area contributed by atoms with Gasteiger partial charge in [0.2, 0.25) is 0 Å². The van der Waals surface area contributed by atoms with Gasteiger partial charge in [0.25, 0.3) is 0 Å². The SMILES string of the molecule is CCCCCCCCCCCC[As](=O)(O)O. The second kappa shape index (κ2) is 10.4. The normalized spacial score (nSPS) is 11.9. The van der Waals surface area contributed by atoms with Crippen LogP contribution in [0, 0.1) is 0 Å². The fourth-order valence-electron chi connectivity index (χ4n) is 1.81. The summed E-state index contributed by atoms with van der Waals surface area (Å²) in [6, 6.07) is 0. The molecule has 98 valence electrons. The third-order valence-electron chi connectivity index (χ3n) is 2.80. The summed E-state index contributed by atoms with van der Waals surface area (Å²) >= 11 is -4.30. The summed E-state index contributed by atoms with van der Waals surface area (Å²) in [7, 11) is 0. The molecule has 2 N–H and O–H groups in total. The summed E-state index contributed by atoms with van der Waals surface area (Å²) in [5.41, 5.74) is 0. The van der Waals surface area contributed by atoms with Crippen molar-refractivity contribution in [2.75, 3.05) is 0 Å². The predicted molar refractivity (Wildman–Crippen MR) is 67.5 cm³/mol. The Labute approximate surface area is 103 Å². The molecule has 0 unspecified atom stereocenters. The van der Waals surface area contributed by atoms with Crippen molar-refractivity contribution in [3.05, 3.63) is 0 Å². The van der Waals surface area contributed by atoms with Crippen LogP contribution in [0.25, 0.3) is 0 Å². The molecule has 0 aliphatic carbocycles. The molecule has 0 aliphatic heterocycles. The Morgan fingerprint density at radius 2 is 1.12 bits per heavy atom. The Bertz CT molecular complexity index is 189. The third kappa shape index (κ3) is 14.3. The van der Waals surface area contributed by atoms with E-state index in [9.17, 15) is 3.74 Å². The van der Waals surface area contributed by atoms with E-state index in [0.717, 1.165) is 12.8 Å². The van der Waals surface area contributed by atoms with Crippen LogP contribution in [0.4, 0.5) is 0 Å². The molecule has 0 fully saturated rings. The van der Waals surface area contributed by atoms with Crippen molar-refractivity contribution in [3.8, 4) is 0 Å². The maximum absolute atomic E-state index is 10.6. The van der Waals surface area contributed by atoms with Crippen LogP contribution in [0.2, 0.25) is 5.21 Å². The van der Waals surface area contributed by atoms with Crippen molar-refractivity contribution in [3.63, 3.8) is 0 Å². The van der Waals surface area contributed by atoms with E-state index in [0.29, 0.717) is 6.42 Å². The quantitative estimate of drug-likeness (QED) is 0.454. The summed E-state index contributed by atoms with van der Waals surface area (Å²) in [4.78, 5) is 0. The Morgan fingerprint density at radius 3 is 1.50 bits per heavy atom. The Balaban J connectivity index is 3.02. The van der Waals surface area contributed by atoms with E-state index in [-0.39, 0.29) is 5.21 Å². The van der Waals surface area contributed by atoms with E-state index in [4.69, 9.17) is 8.19 Å². The fraction of sp³-hybridized carbons (Fsp3) is 1.00. The van der Waals surface area contributed by atoms with Crippen molar-refractivity contribution in [1.82, 2.24) is 0 Å². The van der Waals surface area contributed by atoms with E-state index in [1.54, 1.807) is 0 Å². The molecule has 0 spiro atoms. The molecule has 0 heterocycles. The summed E-state index contributed by atoms with van der Waals surface area (Å²) < 4.78 is 28.0. The van der Waals surface area contributed by atoms with Crippen LogP contribution < -0.4 is 0 Å². The van der Waals surface area contributed by atoms with Crippen LogP contribution in [0.5, 0.6) is 0 Å². The molecule has 0 aromatic carbocycles. The zero-order chi connectivity index (χ0) is 12.3. The van der Waals surface area contributed by atoms with Crippen molar-refractivity contribution in [1.29, 1.82) is 0 Å².